The molecule has 0 radical (unpaired) electrons. The molecule has 18 nitrogen and oxygen atoms in total. The SMILES string of the molecule is CC[C@H]1OC(=O)[C@H](C)[C@@H](OC(=O)CCc2cccnc2)[C@H](C)[C@@H](O[C@@H]2O[C@H](C)C[C@H](N(C)C)[C@H]2O)[C@](C)(OC(=O)NC/C=C/c2ccc(-c3ncccn3)cc2)C[C@@H](C)C(=O)[C@H](C)[C@@H](N)[C@]1(C)OC=O. The minimum absolute atomic E-state index is 0.0281. The highest BCUT2D eigenvalue weighted by atomic mass is 16.7. The number of likely N-dealkylation sites (N-methyl/N-ethyl adjacent to an activating group) is 1. The maximum absolute atomic E-state index is 14.7. The number of rotatable bonds is 15. The Bertz CT molecular complexity index is 2220. The molecule has 18 heteroatoms. The maximum Gasteiger partial charge on any atom is 0.408 e. The van der Waals surface area contributed by atoms with Gasteiger partial charge >= 0.3 is 18.0 Å². The summed E-state index contributed by atoms with van der Waals surface area (Å²) in [5, 5.41) is 14.7. The van der Waals surface area contributed by atoms with Gasteiger partial charge in [0.2, 0.25) is 0 Å². The molecule has 3 aromatic rings. The molecule has 382 valence electrons. The van der Waals surface area contributed by atoms with Crippen LogP contribution in [0, 0.1) is 23.7 Å². The molecule has 0 unspecified atom stereocenters. The number of aryl methyl sites for hydroxylation is 1. The lowest BCUT2D eigenvalue weighted by Crippen LogP contribution is -2.63. The van der Waals surface area contributed by atoms with E-state index in [1.54, 1.807) is 77.6 Å². The first kappa shape index (κ1) is 55.3. The normalized spacial score (nSPS) is 32.4. The number of hydrogen-bond acceptors (Lipinski definition) is 17. The van der Waals surface area contributed by atoms with E-state index in [1.165, 1.54) is 13.8 Å². The highest BCUT2D eigenvalue weighted by Gasteiger charge is 2.54. The molecule has 1 aromatic carbocycles. The van der Waals surface area contributed by atoms with Gasteiger partial charge in [-0.1, -0.05) is 70.2 Å². The van der Waals surface area contributed by atoms with Gasteiger partial charge in [0, 0.05) is 67.1 Å². The molecule has 2 saturated heterocycles. The van der Waals surface area contributed by atoms with Crippen molar-refractivity contribution in [1.29, 1.82) is 0 Å². The van der Waals surface area contributed by atoms with E-state index >= 15 is 0 Å². The first-order chi connectivity index (χ1) is 33.2. The van der Waals surface area contributed by atoms with Gasteiger partial charge < -0.3 is 49.5 Å². The zero-order chi connectivity index (χ0) is 51.3. The van der Waals surface area contributed by atoms with E-state index in [-0.39, 0.29) is 44.5 Å². The van der Waals surface area contributed by atoms with Crippen LogP contribution in [-0.4, -0.2) is 136 Å². The van der Waals surface area contributed by atoms with Gasteiger partial charge in [-0.15, -0.1) is 0 Å². The van der Waals surface area contributed by atoms with Crippen molar-refractivity contribution in [3.8, 4) is 11.4 Å². The van der Waals surface area contributed by atoms with Crippen LogP contribution in [0.25, 0.3) is 17.5 Å². The quantitative estimate of drug-likeness (QED) is 0.0969. The van der Waals surface area contributed by atoms with Crippen molar-refractivity contribution >= 4 is 36.4 Å². The third-order valence-corrected chi connectivity index (χ3v) is 13.8. The highest BCUT2D eigenvalue weighted by Crippen LogP contribution is 2.41. The fourth-order valence-electron chi connectivity index (χ4n) is 9.75. The molecule has 2 fully saturated rings. The molecule has 70 heavy (non-hydrogen) atoms. The smallest absolute Gasteiger partial charge is 0.408 e. The van der Waals surface area contributed by atoms with E-state index in [4.69, 9.17) is 34.2 Å². The van der Waals surface area contributed by atoms with Crippen molar-refractivity contribution in [2.75, 3.05) is 20.6 Å². The lowest BCUT2D eigenvalue weighted by atomic mass is 9.73. The van der Waals surface area contributed by atoms with Gasteiger partial charge in [-0.25, -0.2) is 14.8 Å². The molecule has 4 heterocycles. The first-order valence-electron chi connectivity index (χ1n) is 24.1. The van der Waals surface area contributed by atoms with Gasteiger partial charge in [-0.3, -0.25) is 24.2 Å². The fourth-order valence-corrected chi connectivity index (χ4v) is 9.75. The number of ketones is 1. The zero-order valence-electron chi connectivity index (χ0n) is 42.1. The summed E-state index contributed by atoms with van der Waals surface area (Å²) in [5.74, 6) is -5.43. The molecule has 0 spiro atoms. The Morgan fingerprint density at radius 1 is 1.00 bits per heavy atom. The summed E-state index contributed by atoms with van der Waals surface area (Å²) in [6, 6.07) is 11.3. The molecule has 0 saturated carbocycles. The molecule has 0 bridgehead atoms. The van der Waals surface area contributed by atoms with E-state index in [0.717, 1.165) is 16.7 Å². The number of pyridine rings is 1. The minimum Gasteiger partial charge on any atom is -0.461 e. The second-order valence-electron chi connectivity index (χ2n) is 19.3. The molecule has 2 aliphatic rings. The monoisotopic (exact) mass is 973 g/mol. The summed E-state index contributed by atoms with van der Waals surface area (Å²) >= 11 is 0. The summed E-state index contributed by atoms with van der Waals surface area (Å²) in [4.78, 5) is 84.1. The van der Waals surface area contributed by atoms with Crippen molar-refractivity contribution in [3.63, 3.8) is 0 Å². The Morgan fingerprint density at radius 2 is 1.70 bits per heavy atom. The van der Waals surface area contributed by atoms with Crippen LogP contribution in [0.5, 0.6) is 0 Å². The number of nitrogens with one attached hydrogen (secondary N) is 1. The average molecular weight is 973 g/mol. The molecule has 0 aliphatic carbocycles. The number of carbonyl (C=O) groups excluding carboxylic acids is 5. The predicted octanol–water partition coefficient (Wildman–Crippen LogP) is 5.49. The van der Waals surface area contributed by atoms with Crippen LogP contribution in [-0.2, 0) is 54.0 Å². The third kappa shape index (κ3) is 13.8. The summed E-state index contributed by atoms with van der Waals surface area (Å²) in [7, 11) is 3.66. The largest absolute Gasteiger partial charge is 0.461 e. The van der Waals surface area contributed by atoms with Gasteiger partial charge in [0.05, 0.1) is 18.1 Å². The Balaban J connectivity index is 1.58. The number of cyclic esters (lactones) is 1. The number of nitrogens with two attached hydrogens (primary N) is 1. The topological polar surface area (TPSA) is 241 Å². The van der Waals surface area contributed by atoms with Crippen molar-refractivity contribution in [2.45, 2.75) is 148 Å². The highest BCUT2D eigenvalue weighted by molar-refractivity contribution is 5.84. The number of aliphatic hydroxyl groups excluding tert-OH is 1. The van der Waals surface area contributed by atoms with Crippen LogP contribution in [0.2, 0.25) is 0 Å². The second-order valence-corrected chi connectivity index (χ2v) is 19.3. The minimum atomic E-state index is -1.79. The van der Waals surface area contributed by atoms with Crippen molar-refractivity contribution in [2.24, 2.45) is 29.4 Å². The number of esters is 2. The Labute approximate surface area is 411 Å². The third-order valence-electron chi connectivity index (χ3n) is 13.8. The number of aromatic nitrogens is 3. The Morgan fingerprint density at radius 3 is 2.33 bits per heavy atom. The van der Waals surface area contributed by atoms with Gasteiger partial charge in [-0.05, 0) is 90.7 Å². The summed E-state index contributed by atoms with van der Waals surface area (Å²) < 4.78 is 37.7. The molecule has 2 aromatic heterocycles. The lowest BCUT2D eigenvalue weighted by Gasteiger charge is -2.48. The van der Waals surface area contributed by atoms with Crippen molar-refractivity contribution in [1.82, 2.24) is 25.2 Å². The number of amides is 1. The van der Waals surface area contributed by atoms with Crippen LogP contribution in [0.1, 0.15) is 92.2 Å². The molecule has 1 amide bonds. The first-order valence-corrected chi connectivity index (χ1v) is 24.1. The standard InChI is InChI=1S/C52H72N6O12/c1-11-40-52(8,65-30-59)45(53)33(4)42(61)31(2)28-51(7,70-50(64)57-24-13-15-36-17-20-38(21-18-36)47-55-25-14-26-56-47)46(69-49-43(62)39(58(9)10)27-32(3)66-49)34(5)44(35(6)48(63)67-40)68-41(60)22-19-37-16-12-23-54-29-37/h12-18,20-21,23,25-26,29-35,39-40,43-46,49,62H,11,19,22,24,27-28,53H2,1-10H3,(H,57,64)/b15-13+/t31-,32-,33+,34+,35-,39+,40-,43-,44+,45-,46-,49+,51-,52-/m1/s1. The van der Waals surface area contributed by atoms with Gasteiger partial charge in [-0.2, -0.15) is 0 Å². The van der Waals surface area contributed by atoms with Crippen LogP contribution in [0.15, 0.2) is 73.3 Å². The zero-order valence-corrected chi connectivity index (χ0v) is 42.1. The van der Waals surface area contributed by atoms with E-state index in [0.29, 0.717) is 12.2 Å². The number of alkyl carbamates (subject to hydrolysis) is 1. The van der Waals surface area contributed by atoms with E-state index in [2.05, 4.69) is 20.3 Å². The van der Waals surface area contributed by atoms with Gasteiger partial charge in [0.25, 0.3) is 6.47 Å². The number of hydrogen-bond donors (Lipinski definition) is 3. The predicted molar refractivity (Wildman–Crippen MR) is 259 cm³/mol. The molecule has 14 atom stereocenters. The number of ether oxygens (including phenoxy) is 6. The van der Waals surface area contributed by atoms with Crippen LogP contribution >= 0.6 is 0 Å². The van der Waals surface area contributed by atoms with E-state index in [1.807, 2.05) is 62.3 Å². The molecule has 2 aliphatic heterocycles. The summed E-state index contributed by atoms with van der Waals surface area (Å²) in [6.45, 7) is 13.4. The molecule has 5 rings (SSSR count). The number of nitrogens with zero attached hydrogens (tertiary/aromatic N) is 4. The van der Waals surface area contributed by atoms with Crippen LogP contribution in [0.3, 0.4) is 0 Å². The fraction of sp³-hybridized carbons (Fsp3) is 0.577. The number of benzene rings is 1. The van der Waals surface area contributed by atoms with Crippen molar-refractivity contribution < 1.29 is 57.5 Å². The molecule has 4 N–H and O–H groups in total. The van der Waals surface area contributed by atoms with Gasteiger partial charge in [0.15, 0.2) is 17.7 Å². The number of Topliss-reactive ketones (excluding diaryl/α,β-unsaturated/α-hetero) is 1. The molecular weight excluding hydrogens is 901 g/mol. The average Bonchev–Trinajstić information content (AvgIpc) is 3.34. The van der Waals surface area contributed by atoms with Crippen LogP contribution in [0.4, 0.5) is 4.79 Å². The van der Waals surface area contributed by atoms with E-state index in [9.17, 15) is 29.1 Å². The maximum atomic E-state index is 14.7. The molecular formula is C52H72N6O12. The summed E-state index contributed by atoms with van der Waals surface area (Å²) in [6.07, 6.45) is 3.14. The van der Waals surface area contributed by atoms with Gasteiger partial charge in [0.1, 0.15) is 35.8 Å². The Hall–Kier alpha value is -5.66. The number of aliphatic hydroxyl groups is 1. The lowest BCUT2D eigenvalue weighted by molar-refractivity contribution is -0.298. The second kappa shape index (κ2) is 24.9. The number of carbonyl (C=O) groups is 5. The Kier molecular flexibility index (Phi) is 19.7. The van der Waals surface area contributed by atoms with E-state index < -0.39 is 102 Å². The van der Waals surface area contributed by atoms with Crippen molar-refractivity contribution in [3.05, 3.63) is 84.5 Å². The summed E-state index contributed by atoms with van der Waals surface area (Å²) in [5.41, 5.74) is 5.84. The van der Waals surface area contributed by atoms with Crippen LogP contribution < -0.4 is 11.1 Å².